The molecule has 0 radical (unpaired) electrons. The topological polar surface area (TPSA) is 46.9 Å². The minimum Gasteiger partial charge on any atom is -0.338 e. The van der Waals surface area contributed by atoms with E-state index in [1.165, 1.54) is 6.07 Å². The van der Waals surface area contributed by atoms with Crippen molar-refractivity contribution in [2.45, 2.75) is 6.04 Å². The fourth-order valence-corrected chi connectivity index (χ4v) is 2.45. The number of nitrogens with zero attached hydrogens (tertiary/aromatic N) is 2. The van der Waals surface area contributed by atoms with Crippen LogP contribution in [0.15, 0.2) is 67.0 Å². The fraction of sp³-hybridized carbons (Fsp3) is 0.111. The molecule has 3 rings (SSSR count). The number of hydrogen-bond acceptors (Lipinski definition) is 2. The van der Waals surface area contributed by atoms with Gasteiger partial charge in [0, 0.05) is 30.6 Å². The Morgan fingerprint density at radius 2 is 1.83 bits per heavy atom. The minimum absolute atomic E-state index is 0.276. The Balaban J connectivity index is 1.98. The molecule has 23 heavy (non-hydrogen) atoms. The molecule has 116 valence electrons. The van der Waals surface area contributed by atoms with Gasteiger partial charge in [0.1, 0.15) is 17.7 Å². The molecule has 1 aromatic heterocycles. The summed E-state index contributed by atoms with van der Waals surface area (Å²) in [5, 5.41) is 2.87. The third kappa shape index (κ3) is 3.13. The molecular formula is C18H16FN3O. The first kappa shape index (κ1) is 15.0. The highest BCUT2D eigenvalue weighted by Crippen LogP contribution is 2.23. The first-order valence-electron chi connectivity index (χ1n) is 7.24. The number of aryl methyl sites for hydroxylation is 1. The van der Waals surface area contributed by atoms with E-state index in [2.05, 4.69) is 10.3 Å². The SMILES string of the molecule is Cn1ccnc1C(NC(=O)c1ccccc1)c1ccccc1F. The van der Waals surface area contributed by atoms with Crippen molar-refractivity contribution in [2.75, 3.05) is 0 Å². The van der Waals surface area contributed by atoms with Crippen molar-refractivity contribution < 1.29 is 9.18 Å². The predicted octanol–water partition coefficient (Wildman–Crippen LogP) is 3.08. The lowest BCUT2D eigenvalue weighted by Gasteiger charge is -2.19. The van der Waals surface area contributed by atoms with Crippen LogP contribution < -0.4 is 5.32 Å². The van der Waals surface area contributed by atoms with Gasteiger partial charge in [0.25, 0.3) is 5.91 Å². The number of benzene rings is 2. The van der Waals surface area contributed by atoms with Crippen molar-refractivity contribution in [1.29, 1.82) is 0 Å². The van der Waals surface area contributed by atoms with Crippen LogP contribution in [-0.4, -0.2) is 15.5 Å². The molecule has 4 nitrogen and oxygen atoms in total. The summed E-state index contributed by atoms with van der Waals surface area (Å²) in [6.07, 6.45) is 3.38. The van der Waals surface area contributed by atoms with Crippen molar-refractivity contribution in [3.63, 3.8) is 0 Å². The highest BCUT2D eigenvalue weighted by Gasteiger charge is 2.23. The van der Waals surface area contributed by atoms with Gasteiger partial charge in [-0.1, -0.05) is 36.4 Å². The number of hydrogen-bond donors (Lipinski definition) is 1. The molecular weight excluding hydrogens is 293 g/mol. The monoisotopic (exact) mass is 309 g/mol. The Morgan fingerprint density at radius 1 is 1.13 bits per heavy atom. The second kappa shape index (κ2) is 6.44. The Hall–Kier alpha value is -2.95. The first-order chi connectivity index (χ1) is 11.2. The average molecular weight is 309 g/mol. The van der Waals surface area contributed by atoms with Crippen LogP contribution in [0.25, 0.3) is 0 Å². The van der Waals surface area contributed by atoms with Gasteiger partial charge < -0.3 is 9.88 Å². The Kier molecular flexibility index (Phi) is 4.19. The number of rotatable bonds is 4. The molecule has 5 heteroatoms. The summed E-state index contributed by atoms with van der Waals surface area (Å²) in [5.41, 5.74) is 0.897. The molecule has 1 N–H and O–H groups in total. The fourth-order valence-electron chi connectivity index (χ4n) is 2.45. The zero-order chi connectivity index (χ0) is 16.2. The number of imidazole rings is 1. The van der Waals surface area contributed by atoms with E-state index in [0.29, 0.717) is 17.0 Å². The number of carbonyl (C=O) groups is 1. The van der Waals surface area contributed by atoms with E-state index in [-0.39, 0.29) is 11.7 Å². The molecule has 0 aliphatic rings. The molecule has 0 fully saturated rings. The average Bonchev–Trinajstić information content (AvgIpc) is 3.00. The van der Waals surface area contributed by atoms with E-state index in [0.717, 1.165) is 0 Å². The van der Waals surface area contributed by atoms with Crippen molar-refractivity contribution in [3.8, 4) is 0 Å². The minimum atomic E-state index is -0.663. The van der Waals surface area contributed by atoms with Crippen LogP contribution >= 0.6 is 0 Å². The summed E-state index contributed by atoms with van der Waals surface area (Å²) in [7, 11) is 1.81. The van der Waals surface area contributed by atoms with Crippen LogP contribution in [-0.2, 0) is 7.05 Å². The van der Waals surface area contributed by atoms with Gasteiger partial charge >= 0.3 is 0 Å². The van der Waals surface area contributed by atoms with Gasteiger partial charge in [-0.25, -0.2) is 9.37 Å². The second-order valence-corrected chi connectivity index (χ2v) is 5.19. The second-order valence-electron chi connectivity index (χ2n) is 5.19. The van der Waals surface area contributed by atoms with Gasteiger partial charge in [-0.3, -0.25) is 4.79 Å². The Morgan fingerprint density at radius 3 is 2.48 bits per heavy atom. The summed E-state index contributed by atoms with van der Waals surface area (Å²) in [6, 6.07) is 14.6. The van der Waals surface area contributed by atoms with Crippen molar-refractivity contribution in [3.05, 3.63) is 89.8 Å². The highest BCUT2D eigenvalue weighted by atomic mass is 19.1. The molecule has 1 atom stereocenters. The van der Waals surface area contributed by atoms with Gasteiger partial charge in [-0.2, -0.15) is 0 Å². The number of nitrogens with one attached hydrogen (secondary N) is 1. The van der Waals surface area contributed by atoms with E-state index in [9.17, 15) is 9.18 Å². The van der Waals surface area contributed by atoms with Crippen LogP contribution in [0.3, 0.4) is 0 Å². The first-order valence-corrected chi connectivity index (χ1v) is 7.24. The maximum Gasteiger partial charge on any atom is 0.252 e. The molecule has 0 saturated carbocycles. The third-order valence-electron chi connectivity index (χ3n) is 3.64. The maximum absolute atomic E-state index is 14.2. The Labute approximate surface area is 133 Å². The molecule has 1 amide bonds. The highest BCUT2D eigenvalue weighted by molar-refractivity contribution is 5.94. The van der Waals surface area contributed by atoms with Crippen LogP contribution in [0.2, 0.25) is 0 Å². The maximum atomic E-state index is 14.2. The van der Waals surface area contributed by atoms with Crippen LogP contribution in [0, 0.1) is 5.82 Å². The van der Waals surface area contributed by atoms with Crippen LogP contribution in [0.5, 0.6) is 0 Å². The van der Waals surface area contributed by atoms with Crippen molar-refractivity contribution in [2.24, 2.45) is 7.05 Å². The third-order valence-corrected chi connectivity index (χ3v) is 3.64. The molecule has 1 unspecified atom stereocenters. The summed E-state index contributed by atoms with van der Waals surface area (Å²) in [6.45, 7) is 0. The van der Waals surface area contributed by atoms with Crippen molar-refractivity contribution >= 4 is 5.91 Å². The van der Waals surface area contributed by atoms with Crippen molar-refractivity contribution in [1.82, 2.24) is 14.9 Å². The van der Waals surface area contributed by atoms with E-state index in [4.69, 9.17) is 0 Å². The lowest BCUT2D eigenvalue weighted by Crippen LogP contribution is -2.31. The lowest BCUT2D eigenvalue weighted by molar-refractivity contribution is 0.0940. The smallest absolute Gasteiger partial charge is 0.252 e. The molecule has 1 heterocycles. The molecule has 0 spiro atoms. The van der Waals surface area contributed by atoms with E-state index in [1.54, 1.807) is 59.4 Å². The molecule has 3 aromatic rings. The summed E-state index contributed by atoms with van der Waals surface area (Å²) in [5.74, 6) is -0.0879. The molecule has 0 aliphatic carbocycles. The van der Waals surface area contributed by atoms with Gasteiger partial charge in [-0.05, 0) is 18.2 Å². The lowest BCUT2D eigenvalue weighted by atomic mass is 10.0. The summed E-state index contributed by atoms with van der Waals surface area (Å²) < 4.78 is 16.0. The largest absolute Gasteiger partial charge is 0.338 e. The number of carbonyl (C=O) groups excluding carboxylic acids is 1. The number of aromatic nitrogens is 2. The molecule has 2 aromatic carbocycles. The van der Waals surface area contributed by atoms with Gasteiger partial charge in [-0.15, -0.1) is 0 Å². The summed E-state index contributed by atoms with van der Waals surface area (Å²) in [4.78, 5) is 16.7. The van der Waals surface area contributed by atoms with Gasteiger partial charge in [0.15, 0.2) is 0 Å². The van der Waals surface area contributed by atoms with Crippen LogP contribution in [0.4, 0.5) is 4.39 Å². The van der Waals surface area contributed by atoms with E-state index < -0.39 is 6.04 Å². The normalized spacial score (nSPS) is 11.9. The number of halogens is 1. The van der Waals surface area contributed by atoms with Crippen LogP contribution in [0.1, 0.15) is 27.8 Å². The van der Waals surface area contributed by atoms with E-state index >= 15 is 0 Å². The zero-order valence-electron chi connectivity index (χ0n) is 12.6. The zero-order valence-corrected chi connectivity index (χ0v) is 12.6. The van der Waals surface area contributed by atoms with Gasteiger partial charge in [0.05, 0.1) is 0 Å². The molecule has 0 aliphatic heterocycles. The van der Waals surface area contributed by atoms with E-state index in [1.807, 2.05) is 13.1 Å². The molecule has 0 bridgehead atoms. The quantitative estimate of drug-likeness (QED) is 0.805. The Bertz CT molecular complexity index is 814. The van der Waals surface area contributed by atoms with Gasteiger partial charge in [0.2, 0.25) is 0 Å². The number of amides is 1. The predicted molar refractivity (Wildman–Crippen MR) is 85.4 cm³/mol. The molecule has 0 saturated heterocycles. The summed E-state index contributed by atoms with van der Waals surface area (Å²) >= 11 is 0. The standard InChI is InChI=1S/C18H16FN3O/c1-22-12-11-20-17(22)16(14-9-5-6-10-15(14)19)21-18(23)13-7-3-2-4-8-13/h2-12,16H,1H3,(H,21,23).